The Hall–Kier alpha value is -1.11. The lowest BCUT2D eigenvalue weighted by molar-refractivity contribution is 0.520. The first-order valence-corrected chi connectivity index (χ1v) is 7.74. The molecule has 0 radical (unpaired) electrons. The molecule has 0 aliphatic rings. The smallest absolute Gasteiger partial charge is 0.244 e. The van der Waals surface area contributed by atoms with Crippen molar-refractivity contribution >= 4 is 15.7 Å². The molecule has 0 aromatic heterocycles. The minimum absolute atomic E-state index is 0.182. The fourth-order valence-corrected chi connectivity index (χ4v) is 3.00. The normalized spacial score (nSPS) is 12.2. The van der Waals surface area contributed by atoms with E-state index in [0.717, 1.165) is 0 Å². The molecule has 0 saturated carbocycles. The summed E-state index contributed by atoms with van der Waals surface area (Å²) in [5, 5.41) is 0. The van der Waals surface area contributed by atoms with Gasteiger partial charge < -0.3 is 10.6 Å². The highest BCUT2D eigenvalue weighted by atomic mass is 32.2. The monoisotopic (exact) mass is 285 g/mol. The summed E-state index contributed by atoms with van der Waals surface area (Å²) in [6.07, 6.45) is 0. The molecule has 0 heterocycles. The van der Waals surface area contributed by atoms with Gasteiger partial charge in [-0.3, -0.25) is 0 Å². The molecular formula is C13H23N3O2S. The maximum atomic E-state index is 12.4. The third-order valence-electron chi connectivity index (χ3n) is 2.93. The van der Waals surface area contributed by atoms with Crippen molar-refractivity contribution in [3.8, 4) is 0 Å². The number of benzene rings is 1. The van der Waals surface area contributed by atoms with Crippen molar-refractivity contribution in [2.45, 2.75) is 24.8 Å². The minimum Gasteiger partial charge on any atom is -0.367 e. The van der Waals surface area contributed by atoms with Crippen LogP contribution in [-0.4, -0.2) is 45.9 Å². The van der Waals surface area contributed by atoms with E-state index in [0.29, 0.717) is 23.7 Å². The Kier molecular flexibility index (Phi) is 5.34. The first kappa shape index (κ1) is 15.9. The van der Waals surface area contributed by atoms with Crippen molar-refractivity contribution in [2.24, 2.45) is 5.73 Å². The zero-order chi connectivity index (χ0) is 14.6. The second-order valence-electron chi connectivity index (χ2n) is 4.83. The van der Waals surface area contributed by atoms with Gasteiger partial charge in [-0.1, -0.05) is 12.1 Å². The number of nitrogens with zero attached hydrogens (tertiary/aromatic N) is 2. The Bertz CT molecular complexity index is 512. The van der Waals surface area contributed by atoms with Gasteiger partial charge in [0.2, 0.25) is 10.0 Å². The van der Waals surface area contributed by atoms with Gasteiger partial charge in [-0.05, 0) is 26.0 Å². The van der Waals surface area contributed by atoms with Gasteiger partial charge >= 0.3 is 0 Å². The highest BCUT2D eigenvalue weighted by Gasteiger charge is 2.24. The maximum absolute atomic E-state index is 12.4. The molecule has 5 nitrogen and oxygen atoms in total. The molecule has 1 aromatic carbocycles. The van der Waals surface area contributed by atoms with Crippen molar-refractivity contribution < 1.29 is 8.42 Å². The number of hydrogen-bond acceptors (Lipinski definition) is 4. The number of hydrogen-bond donors (Lipinski definition) is 1. The molecule has 19 heavy (non-hydrogen) atoms. The summed E-state index contributed by atoms with van der Waals surface area (Å²) in [7, 11) is -0.381. The van der Waals surface area contributed by atoms with Crippen LogP contribution in [0.5, 0.6) is 0 Å². The van der Waals surface area contributed by atoms with Gasteiger partial charge in [0.25, 0.3) is 0 Å². The topological polar surface area (TPSA) is 66.6 Å². The molecule has 0 unspecified atom stereocenters. The lowest BCUT2D eigenvalue weighted by atomic mass is 10.2. The SMILES string of the molecule is CC(C)N(CCN)c1ccccc1S(=O)(=O)N(C)C. The van der Waals surface area contributed by atoms with E-state index < -0.39 is 10.0 Å². The quantitative estimate of drug-likeness (QED) is 0.850. The largest absolute Gasteiger partial charge is 0.367 e. The number of nitrogens with two attached hydrogens (primary N) is 1. The number of sulfonamides is 1. The summed E-state index contributed by atoms with van der Waals surface area (Å²) in [4.78, 5) is 2.33. The minimum atomic E-state index is -3.45. The van der Waals surface area contributed by atoms with Crippen molar-refractivity contribution in [3.63, 3.8) is 0 Å². The van der Waals surface area contributed by atoms with Crippen molar-refractivity contribution in [1.29, 1.82) is 0 Å². The summed E-state index contributed by atoms with van der Waals surface area (Å²) < 4.78 is 25.9. The fraction of sp³-hybridized carbons (Fsp3) is 0.538. The molecule has 2 N–H and O–H groups in total. The third kappa shape index (κ3) is 3.46. The highest BCUT2D eigenvalue weighted by molar-refractivity contribution is 7.89. The first-order valence-electron chi connectivity index (χ1n) is 6.30. The van der Waals surface area contributed by atoms with Gasteiger partial charge in [0.1, 0.15) is 4.90 Å². The van der Waals surface area contributed by atoms with Gasteiger partial charge in [-0.15, -0.1) is 0 Å². The zero-order valence-electron chi connectivity index (χ0n) is 12.0. The van der Waals surface area contributed by atoms with Crippen LogP contribution in [0.15, 0.2) is 29.2 Å². The van der Waals surface area contributed by atoms with Gasteiger partial charge in [0, 0.05) is 33.2 Å². The molecule has 0 aliphatic carbocycles. The summed E-state index contributed by atoms with van der Waals surface area (Å²) in [6.45, 7) is 5.15. The number of para-hydroxylation sites is 1. The van der Waals surface area contributed by atoms with E-state index in [1.807, 2.05) is 30.9 Å². The fourth-order valence-electron chi connectivity index (χ4n) is 1.91. The third-order valence-corrected chi connectivity index (χ3v) is 4.79. The number of anilines is 1. The molecule has 1 aromatic rings. The zero-order valence-corrected chi connectivity index (χ0v) is 12.8. The van der Waals surface area contributed by atoms with Gasteiger partial charge in [0.05, 0.1) is 5.69 Å². The van der Waals surface area contributed by atoms with Crippen molar-refractivity contribution in [3.05, 3.63) is 24.3 Å². The predicted molar refractivity (Wildman–Crippen MR) is 78.9 cm³/mol. The lowest BCUT2D eigenvalue weighted by Crippen LogP contribution is -2.37. The van der Waals surface area contributed by atoms with Crippen LogP contribution in [0.2, 0.25) is 0 Å². The molecule has 6 heteroatoms. The predicted octanol–water partition coefficient (Wildman–Crippen LogP) is 1.11. The molecule has 0 atom stereocenters. The first-order chi connectivity index (χ1) is 8.82. The Morgan fingerprint density at radius 2 is 1.79 bits per heavy atom. The van der Waals surface area contributed by atoms with Crippen LogP contribution in [0.4, 0.5) is 5.69 Å². The van der Waals surface area contributed by atoms with E-state index in [-0.39, 0.29) is 6.04 Å². The van der Waals surface area contributed by atoms with Crippen LogP contribution in [-0.2, 0) is 10.0 Å². The Morgan fingerprint density at radius 1 is 1.21 bits per heavy atom. The van der Waals surface area contributed by atoms with Gasteiger partial charge in [0.15, 0.2) is 0 Å². The highest BCUT2D eigenvalue weighted by Crippen LogP contribution is 2.27. The van der Waals surface area contributed by atoms with Crippen LogP contribution in [0.1, 0.15) is 13.8 Å². The average molecular weight is 285 g/mol. The van der Waals surface area contributed by atoms with Crippen LogP contribution in [0.25, 0.3) is 0 Å². The Balaban J connectivity index is 3.37. The van der Waals surface area contributed by atoms with Gasteiger partial charge in [-0.2, -0.15) is 0 Å². The summed E-state index contributed by atoms with van der Waals surface area (Å²) in [5.41, 5.74) is 6.33. The van der Waals surface area contributed by atoms with Crippen LogP contribution >= 0.6 is 0 Å². The van der Waals surface area contributed by atoms with E-state index in [1.165, 1.54) is 18.4 Å². The molecule has 0 aliphatic heterocycles. The maximum Gasteiger partial charge on any atom is 0.244 e. The molecule has 0 bridgehead atoms. The molecule has 108 valence electrons. The molecule has 0 amide bonds. The van der Waals surface area contributed by atoms with E-state index in [4.69, 9.17) is 5.73 Å². The molecular weight excluding hydrogens is 262 g/mol. The molecule has 0 fully saturated rings. The second kappa shape index (κ2) is 6.36. The van der Waals surface area contributed by atoms with Crippen molar-refractivity contribution in [2.75, 3.05) is 32.1 Å². The van der Waals surface area contributed by atoms with Crippen LogP contribution in [0.3, 0.4) is 0 Å². The van der Waals surface area contributed by atoms with E-state index in [2.05, 4.69) is 0 Å². The van der Waals surface area contributed by atoms with Crippen LogP contribution < -0.4 is 10.6 Å². The Labute approximate surface area is 116 Å². The summed E-state index contributed by atoms with van der Waals surface area (Å²) >= 11 is 0. The Morgan fingerprint density at radius 3 is 2.26 bits per heavy atom. The summed E-state index contributed by atoms with van der Waals surface area (Å²) in [5.74, 6) is 0. The van der Waals surface area contributed by atoms with E-state index >= 15 is 0 Å². The molecule has 0 saturated heterocycles. The lowest BCUT2D eigenvalue weighted by Gasteiger charge is -2.30. The standard InChI is InChI=1S/C13H23N3O2S/c1-11(2)16(10-9-14)12-7-5-6-8-13(12)19(17,18)15(3)4/h5-8,11H,9-10,14H2,1-4H3. The molecule has 0 spiro atoms. The number of rotatable bonds is 6. The average Bonchev–Trinajstić information content (AvgIpc) is 2.35. The second-order valence-corrected chi connectivity index (χ2v) is 6.95. The summed E-state index contributed by atoms with van der Waals surface area (Å²) in [6, 6.07) is 7.22. The van der Waals surface area contributed by atoms with Crippen LogP contribution in [0, 0.1) is 0 Å². The molecule has 1 rings (SSSR count). The van der Waals surface area contributed by atoms with E-state index in [9.17, 15) is 8.42 Å². The van der Waals surface area contributed by atoms with Gasteiger partial charge in [-0.25, -0.2) is 12.7 Å². The van der Waals surface area contributed by atoms with Crippen molar-refractivity contribution in [1.82, 2.24) is 4.31 Å². The van der Waals surface area contributed by atoms with E-state index in [1.54, 1.807) is 12.1 Å².